The Kier molecular flexibility index (Phi) is 9.63. The van der Waals surface area contributed by atoms with Crippen LogP contribution in [0.2, 0.25) is 0 Å². The number of amides is 2. The van der Waals surface area contributed by atoms with Crippen LogP contribution in [0.1, 0.15) is 37.9 Å². The maximum Gasteiger partial charge on any atom is 0.257 e. The molecule has 1 aliphatic rings. The molecule has 7 nitrogen and oxygen atoms in total. The second-order valence-corrected chi connectivity index (χ2v) is 11.1. The molecule has 1 saturated heterocycles. The molecule has 2 amide bonds. The van der Waals surface area contributed by atoms with Crippen LogP contribution < -0.4 is 15.4 Å². The number of rotatable bonds is 7. The van der Waals surface area contributed by atoms with Gasteiger partial charge in [0.2, 0.25) is 0 Å². The molecular formula is C33H31BrN4O3S. The molecule has 9 heteroatoms. The maximum atomic E-state index is 13.7. The third kappa shape index (κ3) is 6.87. The zero-order valence-electron chi connectivity index (χ0n) is 23.1. The first-order valence-corrected chi connectivity index (χ1v) is 14.8. The normalized spacial score (nSPS) is 13.5. The number of halogens is 1. The number of carbonyl (C=O) groups is 2. The van der Waals surface area contributed by atoms with Crippen molar-refractivity contribution in [3.05, 3.63) is 130 Å². The van der Waals surface area contributed by atoms with Crippen LogP contribution in [0.3, 0.4) is 0 Å². The van der Waals surface area contributed by atoms with E-state index in [1.165, 1.54) is 11.1 Å². The van der Waals surface area contributed by atoms with E-state index in [1.807, 2.05) is 29.2 Å². The standard InChI is InChI=1S/C33H31BrN4O3S/c1-41-29-17-16-25(22-27(29)34)31(39)36-33(42)35-28-15-9-8-14-26(28)32(40)38-20-18-37(19-21-38)30(23-10-4-2-5-11-23)24-12-6-3-7-13-24/h2-17,22,30H,18-21H2,1H3,(H2,35,36,39,42). The topological polar surface area (TPSA) is 73.9 Å². The van der Waals surface area contributed by atoms with E-state index < -0.39 is 0 Å². The number of piperazine rings is 1. The first-order chi connectivity index (χ1) is 20.4. The van der Waals surface area contributed by atoms with Crippen molar-refractivity contribution in [1.82, 2.24) is 15.1 Å². The number of thiocarbonyl (C=S) groups is 1. The SMILES string of the molecule is COc1ccc(C(=O)NC(=S)Nc2ccccc2C(=O)N2CCN(C(c3ccccc3)c3ccccc3)CC2)cc1Br. The Morgan fingerprint density at radius 2 is 1.43 bits per heavy atom. The summed E-state index contributed by atoms with van der Waals surface area (Å²) in [5.41, 5.74) is 3.92. The van der Waals surface area contributed by atoms with Crippen molar-refractivity contribution in [1.29, 1.82) is 0 Å². The minimum atomic E-state index is -0.373. The minimum absolute atomic E-state index is 0.0815. The van der Waals surface area contributed by atoms with E-state index in [-0.39, 0.29) is 23.0 Å². The summed E-state index contributed by atoms with van der Waals surface area (Å²) in [5.74, 6) is 0.167. The molecular weight excluding hydrogens is 612 g/mol. The van der Waals surface area contributed by atoms with Crippen LogP contribution in [0.5, 0.6) is 5.75 Å². The number of nitrogens with one attached hydrogen (secondary N) is 2. The summed E-state index contributed by atoms with van der Waals surface area (Å²) >= 11 is 8.82. The van der Waals surface area contributed by atoms with Gasteiger partial charge in [0.25, 0.3) is 11.8 Å². The molecule has 0 radical (unpaired) electrons. The Hall–Kier alpha value is -4.05. The molecule has 1 heterocycles. The van der Waals surface area contributed by atoms with Crippen molar-refractivity contribution in [2.45, 2.75) is 6.04 Å². The molecule has 0 bridgehead atoms. The molecule has 0 unspecified atom stereocenters. The lowest BCUT2D eigenvalue weighted by molar-refractivity contribution is 0.0598. The van der Waals surface area contributed by atoms with E-state index in [4.69, 9.17) is 17.0 Å². The first kappa shape index (κ1) is 29.4. The number of benzene rings is 4. The number of hydrogen-bond donors (Lipinski definition) is 2. The number of ether oxygens (including phenoxy) is 1. The van der Waals surface area contributed by atoms with Crippen LogP contribution >= 0.6 is 28.1 Å². The first-order valence-electron chi connectivity index (χ1n) is 13.6. The third-order valence-electron chi connectivity index (χ3n) is 7.24. The number of anilines is 1. The molecule has 1 aliphatic heterocycles. The Bertz CT molecular complexity index is 1520. The zero-order valence-corrected chi connectivity index (χ0v) is 25.5. The van der Waals surface area contributed by atoms with Crippen molar-refractivity contribution in [3.8, 4) is 5.75 Å². The second-order valence-electron chi connectivity index (χ2n) is 9.86. The second kappa shape index (κ2) is 13.7. The molecule has 1 fully saturated rings. The molecule has 2 N–H and O–H groups in total. The highest BCUT2D eigenvalue weighted by atomic mass is 79.9. The lowest BCUT2D eigenvalue weighted by atomic mass is 9.96. The van der Waals surface area contributed by atoms with Gasteiger partial charge in [-0.05, 0) is 69.6 Å². The van der Waals surface area contributed by atoms with Crippen LogP contribution in [-0.2, 0) is 0 Å². The predicted octanol–water partition coefficient (Wildman–Crippen LogP) is 6.13. The Morgan fingerprint density at radius 3 is 2.02 bits per heavy atom. The van der Waals surface area contributed by atoms with Gasteiger partial charge >= 0.3 is 0 Å². The Labute approximate surface area is 259 Å². The highest BCUT2D eigenvalue weighted by Gasteiger charge is 2.29. The van der Waals surface area contributed by atoms with Gasteiger partial charge in [0.1, 0.15) is 5.75 Å². The van der Waals surface area contributed by atoms with Crippen LogP contribution in [0.25, 0.3) is 0 Å². The van der Waals surface area contributed by atoms with Crippen LogP contribution in [0.15, 0.2) is 108 Å². The van der Waals surface area contributed by atoms with E-state index >= 15 is 0 Å². The van der Waals surface area contributed by atoms with Gasteiger partial charge in [0, 0.05) is 31.7 Å². The summed E-state index contributed by atoms with van der Waals surface area (Å²) in [4.78, 5) is 30.8. The van der Waals surface area contributed by atoms with Crippen molar-refractivity contribution in [3.63, 3.8) is 0 Å². The molecule has 0 aromatic heterocycles. The van der Waals surface area contributed by atoms with E-state index in [1.54, 1.807) is 37.4 Å². The number of para-hydroxylation sites is 1. The molecule has 0 aliphatic carbocycles. The zero-order chi connectivity index (χ0) is 29.5. The number of methoxy groups -OCH3 is 1. The quantitative estimate of drug-likeness (QED) is 0.236. The van der Waals surface area contributed by atoms with Gasteiger partial charge in [-0.2, -0.15) is 0 Å². The fourth-order valence-electron chi connectivity index (χ4n) is 5.15. The van der Waals surface area contributed by atoms with Crippen molar-refractivity contribution < 1.29 is 14.3 Å². The van der Waals surface area contributed by atoms with Gasteiger partial charge in [0.15, 0.2) is 5.11 Å². The summed E-state index contributed by atoms with van der Waals surface area (Å²) in [5, 5.41) is 5.84. The average Bonchev–Trinajstić information content (AvgIpc) is 3.02. The van der Waals surface area contributed by atoms with Gasteiger partial charge in [-0.1, -0.05) is 72.8 Å². The van der Waals surface area contributed by atoms with Gasteiger partial charge < -0.3 is 15.0 Å². The fraction of sp³-hybridized carbons (Fsp3) is 0.182. The predicted molar refractivity (Wildman–Crippen MR) is 173 cm³/mol. The average molecular weight is 644 g/mol. The molecule has 4 aromatic rings. The molecule has 214 valence electrons. The Balaban J connectivity index is 1.24. The lowest BCUT2D eigenvalue weighted by Crippen LogP contribution is -2.50. The molecule has 0 saturated carbocycles. The Morgan fingerprint density at radius 1 is 0.833 bits per heavy atom. The van der Waals surface area contributed by atoms with Gasteiger partial charge in [-0.25, -0.2) is 0 Å². The third-order valence-corrected chi connectivity index (χ3v) is 8.07. The fourth-order valence-corrected chi connectivity index (χ4v) is 5.90. The summed E-state index contributed by atoms with van der Waals surface area (Å²) in [6.45, 7) is 2.66. The van der Waals surface area contributed by atoms with Crippen molar-refractivity contribution in [2.75, 3.05) is 38.6 Å². The molecule has 0 atom stereocenters. The van der Waals surface area contributed by atoms with Gasteiger partial charge in [-0.3, -0.25) is 19.8 Å². The molecule has 42 heavy (non-hydrogen) atoms. The van der Waals surface area contributed by atoms with E-state index in [2.05, 4.69) is 80.0 Å². The van der Waals surface area contributed by atoms with Crippen LogP contribution in [0.4, 0.5) is 5.69 Å². The number of nitrogens with zero attached hydrogens (tertiary/aromatic N) is 2. The van der Waals surface area contributed by atoms with E-state index in [9.17, 15) is 9.59 Å². The smallest absolute Gasteiger partial charge is 0.257 e. The maximum absolute atomic E-state index is 13.7. The van der Waals surface area contributed by atoms with E-state index in [0.29, 0.717) is 40.1 Å². The highest BCUT2D eigenvalue weighted by molar-refractivity contribution is 9.10. The van der Waals surface area contributed by atoms with Crippen molar-refractivity contribution in [2.24, 2.45) is 0 Å². The van der Waals surface area contributed by atoms with Crippen LogP contribution in [-0.4, -0.2) is 60.0 Å². The number of hydrogen-bond acceptors (Lipinski definition) is 5. The number of carbonyl (C=O) groups excluding carboxylic acids is 2. The minimum Gasteiger partial charge on any atom is -0.496 e. The van der Waals surface area contributed by atoms with Gasteiger partial charge in [-0.15, -0.1) is 0 Å². The summed E-state index contributed by atoms with van der Waals surface area (Å²) in [7, 11) is 1.56. The van der Waals surface area contributed by atoms with Gasteiger partial charge in [0.05, 0.1) is 28.9 Å². The lowest BCUT2D eigenvalue weighted by Gasteiger charge is -2.40. The van der Waals surface area contributed by atoms with Crippen molar-refractivity contribution >= 4 is 50.8 Å². The molecule has 0 spiro atoms. The van der Waals surface area contributed by atoms with E-state index in [0.717, 1.165) is 13.1 Å². The summed E-state index contributed by atoms with van der Waals surface area (Å²) < 4.78 is 5.89. The highest BCUT2D eigenvalue weighted by Crippen LogP contribution is 2.30. The summed E-state index contributed by atoms with van der Waals surface area (Å²) in [6, 6.07) is 33.3. The largest absolute Gasteiger partial charge is 0.496 e. The monoisotopic (exact) mass is 642 g/mol. The molecule has 5 rings (SSSR count). The summed E-state index contributed by atoms with van der Waals surface area (Å²) in [6.07, 6.45) is 0. The van der Waals surface area contributed by atoms with Crippen LogP contribution in [0, 0.1) is 0 Å². The molecule has 4 aromatic carbocycles.